The second-order valence-electron chi connectivity index (χ2n) is 4.83. The minimum Gasteiger partial charge on any atom is -0.481 e. The van der Waals surface area contributed by atoms with Crippen LogP contribution in [0.5, 0.6) is 0 Å². The molecule has 1 saturated heterocycles. The molecular formula is C15H19N2O3SW-. The Balaban J connectivity index is 0.00000242. The second kappa shape index (κ2) is 9.33. The minimum absolute atomic E-state index is 0. The number of carboxylic acids is 1. The Bertz CT molecular complexity index is 510. The third kappa shape index (κ3) is 5.41. The molecule has 1 fully saturated rings. The van der Waals surface area contributed by atoms with Gasteiger partial charge in [0.25, 0.3) is 0 Å². The summed E-state index contributed by atoms with van der Waals surface area (Å²) >= 11 is 1.29. The number of benzene rings is 1. The predicted octanol–water partition coefficient (Wildman–Crippen LogP) is 2.03. The van der Waals surface area contributed by atoms with Crippen molar-refractivity contribution in [3.05, 3.63) is 36.8 Å². The molecule has 0 saturated carbocycles. The van der Waals surface area contributed by atoms with Gasteiger partial charge in [-0.2, -0.15) is 0 Å². The van der Waals surface area contributed by atoms with Gasteiger partial charge in [-0.3, -0.25) is 14.6 Å². The van der Waals surface area contributed by atoms with Crippen LogP contribution in [0.4, 0.5) is 0 Å². The van der Waals surface area contributed by atoms with E-state index in [0.29, 0.717) is 19.5 Å². The Morgan fingerprint density at radius 3 is 2.59 bits per heavy atom. The summed E-state index contributed by atoms with van der Waals surface area (Å²) in [4.78, 5) is 23.4. The molecule has 2 rings (SSSR count). The van der Waals surface area contributed by atoms with Crippen LogP contribution in [0, 0.1) is 6.92 Å². The van der Waals surface area contributed by atoms with Gasteiger partial charge in [-0.05, 0) is 24.1 Å². The largest absolute Gasteiger partial charge is 0.481 e. The molecule has 120 valence electrons. The molecule has 0 aliphatic carbocycles. The summed E-state index contributed by atoms with van der Waals surface area (Å²) in [6, 6.07) is 7.67. The van der Waals surface area contributed by atoms with Crippen LogP contribution in [0.1, 0.15) is 18.4 Å². The molecule has 0 spiro atoms. The normalized spacial score (nSPS) is 15.5. The fourth-order valence-electron chi connectivity index (χ4n) is 2.25. The van der Waals surface area contributed by atoms with Crippen LogP contribution in [-0.2, 0) is 37.2 Å². The molecule has 1 aliphatic rings. The Morgan fingerprint density at radius 2 is 2.00 bits per heavy atom. The first-order chi connectivity index (χ1) is 10.1. The molecule has 0 bridgehead atoms. The van der Waals surface area contributed by atoms with Crippen LogP contribution in [0.15, 0.2) is 29.2 Å². The molecular weight excluding hydrogens is 472 g/mol. The van der Waals surface area contributed by atoms with E-state index in [1.54, 1.807) is 5.01 Å². The third-order valence-electron chi connectivity index (χ3n) is 3.31. The van der Waals surface area contributed by atoms with Gasteiger partial charge in [-0.25, -0.2) is 5.01 Å². The van der Waals surface area contributed by atoms with Crippen LogP contribution in [0.3, 0.4) is 0 Å². The zero-order valence-corrected chi connectivity index (χ0v) is 16.0. The molecule has 0 aromatic heterocycles. The molecule has 1 amide bonds. The smallest absolute Gasteiger partial charge is 0.313 e. The summed E-state index contributed by atoms with van der Waals surface area (Å²) in [5.74, 6) is -0.637. The van der Waals surface area contributed by atoms with Crippen LogP contribution >= 0.6 is 11.8 Å². The van der Waals surface area contributed by atoms with Gasteiger partial charge < -0.3 is 12.0 Å². The fraction of sp³-hybridized carbons (Fsp3) is 0.400. The summed E-state index contributed by atoms with van der Waals surface area (Å²) in [5.41, 5.74) is 1.03. The van der Waals surface area contributed by atoms with E-state index >= 15 is 0 Å². The number of hydrogen-bond donors (Lipinski definition) is 1. The van der Waals surface area contributed by atoms with E-state index in [1.165, 1.54) is 11.8 Å². The summed E-state index contributed by atoms with van der Waals surface area (Å²) in [6.45, 7) is 5.85. The Morgan fingerprint density at radius 1 is 1.32 bits per heavy atom. The predicted molar refractivity (Wildman–Crippen MR) is 81.5 cm³/mol. The Hall–Kier alpha value is -0.842. The zero-order valence-electron chi connectivity index (χ0n) is 12.2. The number of hydrogen-bond acceptors (Lipinski definition) is 4. The van der Waals surface area contributed by atoms with Gasteiger partial charge in [0, 0.05) is 38.9 Å². The SMILES string of the molecule is [CH2-]CN1CCCC(=O)N1Cc1ccc(SCC(=O)O)cc1.[W]. The molecule has 0 radical (unpaired) electrons. The van der Waals surface area contributed by atoms with Crippen molar-refractivity contribution in [3.8, 4) is 0 Å². The van der Waals surface area contributed by atoms with Crippen LogP contribution in [-0.4, -0.2) is 45.8 Å². The van der Waals surface area contributed by atoms with E-state index in [-0.39, 0.29) is 32.7 Å². The molecule has 1 N–H and O–H groups in total. The molecule has 1 aromatic rings. The number of carbonyl (C=O) groups is 2. The van der Waals surface area contributed by atoms with Gasteiger partial charge in [0.15, 0.2) is 0 Å². The van der Waals surface area contributed by atoms with Gasteiger partial charge in [0.2, 0.25) is 5.91 Å². The maximum Gasteiger partial charge on any atom is 0.313 e. The minimum atomic E-state index is -0.825. The molecule has 1 aliphatic heterocycles. The number of amides is 1. The van der Waals surface area contributed by atoms with Gasteiger partial charge >= 0.3 is 5.97 Å². The van der Waals surface area contributed by atoms with Gasteiger partial charge in [-0.1, -0.05) is 12.1 Å². The van der Waals surface area contributed by atoms with E-state index in [9.17, 15) is 9.59 Å². The number of thioether (sulfide) groups is 1. The molecule has 1 heterocycles. The number of nitrogens with zero attached hydrogens (tertiary/aromatic N) is 2. The second-order valence-corrected chi connectivity index (χ2v) is 5.88. The van der Waals surface area contributed by atoms with E-state index in [2.05, 4.69) is 6.92 Å². The summed E-state index contributed by atoms with van der Waals surface area (Å²) in [6.07, 6.45) is 1.47. The number of carbonyl (C=O) groups excluding carboxylic acids is 1. The van der Waals surface area contributed by atoms with E-state index < -0.39 is 5.97 Å². The monoisotopic (exact) mass is 491 g/mol. The molecule has 7 heteroatoms. The standard InChI is InChI=1S/C15H19N2O3S.W/c1-2-16-9-3-4-14(18)17(16)10-12-5-7-13(8-6-12)21-11-15(19)20;/h5-8H,1-4,9-11H2,(H,19,20);/q-1;. The molecule has 5 nitrogen and oxygen atoms in total. The van der Waals surface area contributed by atoms with E-state index in [1.807, 2.05) is 29.3 Å². The molecule has 0 atom stereocenters. The average molecular weight is 491 g/mol. The van der Waals surface area contributed by atoms with Gasteiger partial charge in [-0.15, -0.1) is 18.3 Å². The van der Waals surface area contributed by atoms with Gasteiger partial charge in [0.05, 0.1) is 12.3 Å². The van der Waals surface area contributed by atoms with Crippen molar-refractivity contribution in [1.29, 1.82) is 0 Å². The Kier molecular flexibility index (Phi) is 8.15. The average Bonchev–Trinajstić information content (AvgIpc) is 2.48. The third-order valence-corrected chi connectivity index (χ3v) is 4.31. The fourth-order valence-corrected chi connectivity index (χ4v) is 2.87. The zero-order chi connectivity index (χ0) is 15.2. The van der Waals surface area contributed by atoms with E-state index in [0.717, 1.165) is 23.4 Å². The van der Waals surface area contributed by atoms with Crippen LogP contribution in [0.25, 0.3) is 0 Å². The van der Waals surface area contributed by atoms with E-state index in [4.69, 9.17) is 5.11 Å². The maximum absolute atomic E-state index is 12.0. The van der Waals surface area contributed by atoms with Crippen molar-refractivity contribution >= 4 is 23.6 Å². The van der Waals surface area contributed by atoms with Crippen molar-refractivity contribution < 1.29 is 35.8 Å². The first-order valence-electron chi connectivity index (χ1n) is 6.88. The summed E-state index contributed by atoms with van der Waals surface area (Å²) in [5, 5.41) is 12.4. The van der Waals surface area contributed by atoms with Crippen LogP contribution in [0.2, 0.25) is 0 Å². The first kappa shape index (κ1) is 19.2. The van der Waals surface area contributed by atoms with Crippen LogP contribution < -0.4 is 0 Å². The molecule has 1 aromatic carbocycles. The van der Waals surface area contributed by atoms with Crippen molar-refractivity contribution in [2.24, 2.45) is 0 Å². The summed E-state index contributed by atoms with van der Waals surface area (Å²) < 4.78 is 0. The number of aliphatic carboxylic acids is 1. The number of carboxylic acid groups (broad SMARTS) is 1. The molecule has 0 unspecified atom stereocenters. The first-order valence-corrected chi connectivity index (χ1v) is 7.86. The van der Waals surface area contributed by atoms with Crippen molar-refractivity contribution in [2.45, 2.75) is 24.3 Å². The Labute approximate surface area is 149 Å². The quantitative estimate of drug-likeness (QED) is 0.488. The number of hydrazine groups is 1. The number of rotatable bonds is 6. The van der Waals surface area contributed by atoms with Crippen molar-refractivity contribution in [3.63, 3.8) is 0 Å². The molecule has 22 heavy (non-hydrogen) atoms. The van der Waals surface area contributed by atoms with Crippen molar-refractivity contribution in [2.75, 3.05) is 18.8 Å². The van der Waals surface area contributed by atoms with Crippen molar-refractivity contribution in [1.82, 2.24) is 10.0 Å². The summed E-state index contributed by atoms with van der Waals surface area (Å²) in [7, 11) is 0. The van der Waals surface area contributed by atoms with Gasteiger partial charge in [0.1, 0.15) is 0 Å². The maximum atomic E-state index is 12.0. The topological polar surface area (TPSA) is 60.9 Å².